The van der Waals surface area contributed by atoms with Crippen molar-refractivity contribution in [3.8, 4) is 5.75 Å². The summed E-state index contributed by atoms with van der Waals surface area (Å²) >= 11 is 0. The molecule has 1 aromatic carbocycles. The topological polar surface area (TPSA) is 84.9 Å². The van der Waals surface area contributed by atoms with Crippen LogP contribution < -0.4 is 10.1 Å². The molecule has 2 rings (SSSR count). The number of carboxylic acids is 1. The van der Waals surface area contributed by atoms with Gasteiger partial charge in [-0.15, -0.1) is 0 Å². The second-order valence-electron chi connectivity index (χ2n) is 5.57. The minimum atomic E-state index is -1.02. The van der Waals surface area contributed by atoms with Crippen LogP contribution in [-0.4, -0.2) is 29.4 Å². The second kappa shape index (κ2) is 5.03. The number of aromatic carboxylic acids is 1. The lowest BCUT2D eigenvalue weighted by Crippen LogP contribution is -2.35. The summed E-state index contributed by atoms with van der Waals surface area (Å²) in [6.07, 6.45) is -0.556. The fourth-order valence-electron chi connectivity index (χ4n) is 1.92. The number of hydrogen-bond donors (Lipinski definition) is 2. The number of carbonyl (C=O) groups is 2. The maximum Gasteiger partial charge on any atom is 0.408 e. The van der Waals surface area contributed by atoms with Gasteiger partial charge in [0.15, 0.2) is 0 Å². The molecule has 1 unspecified atom stereocenters. The SMILES string of the molecule is CC(C)(C)OC(=O)NC1COc2ccc(C(=O)O)cc21. The Hall–Kier alpha value is -2.24. The molecule has 0 aliphatic carbocycles. The Morgan fingerprint density at radius 1 is 1.40 bits per heavy atom. The maximum atomic E-state index is 11.7. The first-order chi connectivity index (χ1) is 9.26. The molecule has 6 heteroatoms. The average Bonchev–Trinajstić information content (AvgIpc) is 2.69. The normalized spacial score (nSPS) is 17.1. The van der Waals surface area contributed by atoms with Crippen LogP contribution in [0.3, 0.4) is 0 Å². The largest absolute Gasteiger partial charge is 0.491 e. The first-order valence-corrected chi connectivity index (χ1v) is 6.26. The summed E-state index contributed by atoms with van der Waals surface area (Å²) in [6.45, 7) is 5.58. The monoisotopic (exact) mass is 279 g/mol. The Morgan fingerprint density at radius 3 is 2.70 bits per heavy atom. The van der Waals surface area contributed by atoms with Gasteiger partial charge in [0.05, 0.1) is 11.6 Å². The van der Waals surface area contributed by atoms with E-state index in [0.29, 0.717) is 11.3 Å². The average molecular weight is 279 g/mol. The molecule has 0 aromatic heterocycles. The molecule has 6 nitrogen and oxygen atoms in total. The number of ether oxygens (including phenoxy) is 2. The predicted molar refractivity (Wildman–Crippen MR) is 71.0 cm³/mol. The van der Waals surface area contributed by atoms with Gasteiger partial charge in [-0.1, -0.05) is 0 Å². The molecule has 1 aliphatic heterocycles. The number of nitrogens with one attached hydrogen (secondary N) is 1. The predicted octanol–water partition coefficient (Wildman–Crippen LogP) is 2.34. The lowest BCUT2D eigenvalue weighted by Gasteiger charge is -2.21. The number of carboxylic acid groups (broad SMARTS) is 1. The Bertz CT molecular complexity index is 547. The summed E-state index contributed by atoms with van der Waals surface area (Å²) in [5.74, 6) is -0.438. The molecule has 1 atom stereocenters. The van der Waals surface area contributed by atoms with E-state index in [9.17, 15) is 9.59 Å². The van der Waals surface area contributed by atoms with E-state index >= 15 is 0 Å². The molecule has 20 heavy (non-hydrogen) atoms. The highest BCUT2D eigenvalue weighted by atomic mass is 16.6. The van der Waals surface area contributed by atoms with Crippen molar-refractivity contribution in [3.63, 3.8) is 0 Å². The van der Waals surface area contributed by atoms with Gasteiger partial charge in [-0.25, -0.2) is 9.59 Å². The van der Waals surface area contributed by atoms with Crippen LogP contribution in [0.15, 0.2) is 18.2 Å². The van der Waals surface area contributed by atoms with Crippen LogP contribution in [0.1, 0.15) is 42.7 Å². The van der Waals surface area contributed by atoms with Gasteiger partial charge in [-0.3, -0.25) is 0 Å². The lowest BCUT2D eigenvalue weighted by atomic mass is 10.1. The summed E-state index contributed by atoms with van der Waals surface area (Å²) in [6, 6.07) is 4.17. The quantitative estimate of drug-likeness (QED) is 0.868. The van der Waals surface area contributed by atoms with Gasteiger partial charge >= 0.3 is 12.1 Å². The summed E-state index contributed by atoms with van der Waals surface area (Å²) in [4.78, 5) is 22.7. The van der Waals surface area contributed by atoms with E-state index in [1.165, 1.54) is 12.1 Å². The molecule has 1 amide bonds. The van der Waals surface area contributed by atoms with Gasteiger partial charge < -0.3 is 19.9 Å². The third-order valence-electron chi connectivity index (χ3n) is 2.73. The molecule has 108 valence electrons. The number of rotatable bonds is 2. The van der Waals surface area contributed by atoms with E-state index in [1.807, 2.05) is 0 Å². The van der Waals surface area contributed by atoms with Crippen LogP contribution >= 0.6 is 0 Å². The molecule has 0 saturated heterocycles. The summed E-state index contributed by atoms with van der Waals surface area (Å²) < 4.78 is 10.6. The molecule has 0 saturated carbocycles. The van der Waals surface area contributed by atoms with Crippen LogP contribution in [0.5, 0.6) is 5.75 Å². The van der Waals surface area contributed by atoms with E-state index in [2.05, 4.69) is 5.32 Å². The molecule has 1 aliphatic rings. The van der Waals surface area contributed by atoms with Crippen molar-refractivity contribution in [2.45, 2.75) is 32.4 Å². The van der Waals surface area contributed by atoms with Gasteiger partial charge in [0.25, 0.3) is 0 Å². The zero-order valence-electron chi connectivity index (χ0n) is 11.6. The zero-order valence-corrected chi connectivity index (χ0v) is 11.6. The lowest BCUT2D eigenvalue weighted by molar-refractivity contribution is 0.0496. The minimum absolute atomic E-state index is 0.158. The van der Waals surface area contributed by atoms with Gasteiger partial charge in [-0.2, -0.15) is 0 Å². The molecular formula is C14H17NO5. The smallest absolute Gasteiger partial charge is 0.408 e. The minimum Gasteiger partial charge on any atom is -0.491 e. The number of alkyl carbamates (subject to hydrolysis) is 1. The second-order valence-corrected chi connectivity index (χ2v) is 5.57. The Kier molecular flexibility index (Phi) is 3.57. The molecule has 1 aromatic rings. The van der Waals surface area contributed by atoms with Crippen LogP contribution in [0, 0.1) is 0 Å². The van der Waals surface area contributed by atoms with E-state index < -0.39 is 23.7 Å². The fraction of sp³-hybridized carbons (Fsp3) is 0.429. The van der Waals surface area contributed by atoms with Crippen LogP contribution in [0.4, 0.5) is 4.79 Å². The van der Waals surface area contributed by atoms with Gasteiger partial charge in [0.2, 0.25) is 0 Å². The van der Waals surface area contributed by atoms with Crippen LogP contribution in [0.25, 0.3) is 0 Å². The van der Waals surface area contributed by atoms with E-state index in [0.717, 1.165) is 0 Å². The Morgan fingerprint density at radius 2 is 2.10 bits per heavy atom. The first-order valence-electron chi connectivity index (χ1n) is 6.26. The van der Waals surface area contributed by atoms with Gasteiger partial charge in [-0.05, 0) is 39.0 Å². The van der Waals surface area contributed by atoms with Crippen LogP contribution in [0.2, 0.25) is 0 Å². The van der Waals surface area contributed by atoms with Crippen LogP contribution in [-0.2, 0) is 4.74 Å². The molecule has 0 bridgehead atoms. The summed E-state index contributed by atoms with van der Waals surface area (Å²) in [5, 5.41) is 11.7. The highest BCUT2D eigenvalue weighted by Crippen LogP contribution is 2.33. The number of carbonyl (C=O) groups excluding carboxylic acids is 1. The third-order valence-corrected chi connectivity index (χ3v) is 2.73. The van der Waals surface area contributed by atoms with Crippen molar-refractivity contribution >= 4 is 12.1 Å². The molecule has 2 N–H and O–H groups in total. The van der Waals surface area contributed by atoms with Crippen molar-refractivity contribution in [2.24, 2.45) is 0 Å². The highest BCUT2D eigenvalue weighted by molar-refractivity contribution is 5.88. The van der Waals surface area contributed by atoms with Crippen molar-refractivity contribution in [3.05, 3.63) is 29.3 Å². The number of hydrogen-bond acceptors (Lipinski definition) is 4. The van der Waals surface area contributed by atoms with E-state index in [-0.39, 0.29) is 12.2 Å². The molecular weight excluding hydrogens is 262 g/mol. The summed E-state index contributed by atoms with van der Waals surface area (Å²) in [7, 11) is 0. The zero-order chi connectivity index (χ0) is 14.9. The van der Waals surface area contributed by atoms with Crippen molar-refractivity contribution in [2.75, 3.05) is 6.61 Å². The molecule has 0 radical (unpaired) electrons. The van der Waals surface area contributed by atoms with Crippen molar-refractivity contribution < 1.29 is 24.2 Å². The number of fused-ring (bicyclic) bond motifs is 1. The van der Waals surface area contributed by atoms with E-state index in [4.69, 9.17) is 14.6 Å². The van der Waals surface area contributed by atoms with Gasteiger partial charge in [0, 0.05) is 5.56 Å². The molecule has 0 spiro atoms. The summed E-state index contributed by atoms with van der Waals surface area (Å²) in [5.41, 5.74) is 0.218. The Balaban J connectivity index is 2.13. The number of amides is 1. The fourth-order valence-corrected chi connectivity index (χ4v) is 1.92. The Labute approximate surface area is 116 Å². The first kappa shape index (κ1) is 14.2. The maximum absolute atomic E-state index is 11.7. The van der Waals surface area contributed by atoms with E-state index in [1.54, 1.807) is 26.8 Å². The molecule has 1 heterocycles. The molecule has 0 fully saturated rings. The number of benzene rings is 1. The van der Waals surface area contributed by atoms with Crippen molar-refractivity contribution in [1.29, 1.82) is 0 Å². The van der Waals surface area contributed by atoms with Gasteiger partial charge in [0.1, 0.15) is 18.0 Å². The van der Waals surface area contributed by atoms with Crippen molar-refractivity contribution in [1.82, 2.24) is 5.32 Å². The standard InChI is InChI=1S/C14H17NO5/c1-14(2,3)20-13(18)15-10-7-19-11-5-4-8(12(16)17)6-9(10)11/h4-6,10H,7H2,1-3H3,(H,15,18)(H,16,17). The third kappa shape index (κ3) is 3.20. The highest BCUT2D eigenvalue weighted by Gasteiger charge is 2.28.